The van der Waals surface area contributed by atoms with E-state index >= 15 is 0 Å². The Bertz CT molecular complexity index is 682. The van der Waals surface area contributed by atoms with Crippen LogP contribution < -0.4 is 10.4 Å². The van der Waals surface area contributed by atoms with Crippen molar-refractivity contribution in [2.45, 2.75) is 27.7 Å². The molecule has 0 aliphatic carbocycles. The maximum atomic E-state index is 11.4. The van der Waals surface area contributed by atoms with Crippen LogP contribution in [0.4, 0.5) is 0 Å². The summed E-state index contributed by atoms with van der Waals surface area (Å²) in [6.45, 7) is 9.12. The number of aryl methyl sites for hydroxylation is 1. The lowest BCUT2D eigenvalue weighted by Gasteiger charge is -2.28. The van der Waals surface area contributed by atoms with Gasteiger partial charge in [-0.15, -0.1) is 0 Å². The zero-order valence-corrected chi connectivity index (χ0v) is 14.5. The summed E-state index contributed by atoms with van der Waals surface area (Å²) in [5.74, 6) is 1.13. The summed E-state index contributed by atoms with van der Waals surface area (Å²) in [5, 5.41) is 1.83. The summed E-state index contributed by atoms with van der Waals surface area (Å²) in [7, 11) is 0. The van der Waals surface area contributed by atoms with Gasteiger partial charge in [-0.3, -0.25) is 0 Å². The van der Waals surface area contributed by atoms with Gasteiger partial charge in [-0.1, -0.05) is 36.7 Å². The normalized spacial score (nSPS) is 13.4. The Kier molecular flexibility index (Phi) is 4.77. The van der Waals surface area contributed by atoms with Gasteiger partial charge in [0.05, 0.1) is 6.61 Å². The molecular weight excluding hydrogens is 332 g/mol. The summed E-state index contributed by atoms with van der Waals surface area (Å²) >= 11 is 3.54. The molecule has 0 spiro atoms. The first-order valence-electron chi connectivity index (χ1n) is 7.04. The number of hydrogen-bond acceptors (Lipinski definition) is 3. The minimum Gasteiger partial charge on any atom is -0.493 e. The zero-order valence-electron chi connectivity index (χ0n) is 12.9. The van der Waals surface area contributed by atoms with E-state index in [4.69, 9.17) is 9.15 Å². The Morgan fingerprint density at radius 3 is 2.62 bits per heavy atom. The van der Waals surface area contributed by atoms with E-state index < -0.39 is 0 Å². The molecule has 0 amide bonds. The Morgan fingerprint density at radius 1 is 1.29 bits per heavy atom. The van der Waals surface area contributed by atoms with E-state index in [1.54, 1.807) is 6.07 Å². The molecule has 0 radical (unpaired) electrons. The van der Waals surface area contributed by atoms with E-state index in [2.05, 4.69) is 36.7 Å². The van der Waals surface area contributed by atoms with Crippen LogP contribution in [0.25, 0.3) is 11.0 Å². The van der Waals surface area contributed by atoms with Crippen molar-refractivity contribution in [1.29, 1.82) is 0 Å². The molecule has 1 atom stereocenters. The number of rotatable bonds is 4. The fraction of sp³-hybridized carbons (Fsp3) is 0.471. The summed E-state index contributed by atoms with van der Waals surface area (Å²) in [6, 6.07) is 7.15. The van der Waals surface area contributed by atoms with Crippen molar-refractivity contribution in [3.05, 3.63) is 40.2 Å². The molecule has 0 saturated heterocycles. The fourth-order valence-electron chi connectivity index (χ4n) is 2.12. The van der Waals surface area contributed by atoms with Crippen LogP contribution in [0.5, 0.6) is 5.75 Å². The Morgan fingerprint density at radius 2 is 2.00 bits per heavy atom. The van der Waals surface area contributed by atoms with Crippen LogP contribution in [-0.4, -0.2) is 11.9 Å². The SMILES string of the molecule is Cc1cc(=O)oc2cc(OCC(CBr)C(C)(C)C)ccc12. The summed E-state index contributed by atoms with van der Waals surface area (Å²) in [5.41, 5.74) is 1.33. The molecule has 0 saturated carbocycles. The first-order valence-corrected chi connectivity index (χ1v) is 8.16. The van der Waals surface area contributed by atoms with E-state index in [1.165, 1.54) is 6.07 Å². The third-order valence-electron chi connectivity index (χ3n) is 3.79. The lowest BCUT2D eigenvalue weighted by atomic mass is 9.83. The second-order valence-corrected chi connectivity index (χ2v) is 7.08. The summed E-state index contributed by atoms with van der Waals surface area (Å²) in [6.07, 6.45) is 0. The Hall–Kier alpha value is -1.29. The second-order valence-electron chi connectivity index (χ2n) is 6.43. The monoisotopic (exact) mass is 352 g/mol. The number of fused-ring (bicyclic) bond motifs is 1. The minimum absolute atomic E-state index is 0.170. The van der Waals surface area contributed by atoms with Crippen molar-refractivity contribution in [3.8, 4) is 5.75 Å². The molecule has 2 rings (SSSR count). The first kappa shape index (κ1) is 16.1. The van der Waals surface area contributed by atoms with Gasteiger partial charge in [-0.05, 0) is 30.0 Å². The number of halogens is 1. The fourth-order valence-corrected chi connectivity index (χ4v) is 3.28. The van der Waals surface area contributed by atoms with Crippen LogP contribution in [0.2, 0.25) is 0 Å². The molecule has 1 aromatic heterocycles. The number of ether oxygens (including phenoxy) is 1. The van der Waals surface area contributed by atoms with Gasteiger partial charge in [0.25, 0.3) is 0 Å². The van der Waals surface area contributed by atoms with E-state index in [1.807, 2.05) is 19.1 Å². The van der Waals surface area contributed by atoms with Gasteiger partial charge >= 0.3 is 5.63 Å². The molecule has 0 fully saturated rings. The largest absolute Gasteiger partial charge is 0.493 e. The Balaban J connectivity index is 2.22. The lowest BCUT2D eigenvalue weighted by molar-refractivity contribution is 0.166. The molecule has 0 aliphatic rings. The molecule has 1 aromatic carbocycles. The van der Waals surface area contributed by atoms with Crippen molar-refractivity contribution in [2.24, 2.45) is 11.3 Å². The van der Waals surface area contributed by atoms with E-state index in [9.17, 15) is 4.79 Å². The highest BCUT2D eigenvalue weighted by Gasteiger charge is 2.24. The number of hydrogen-bond donors (Lipinski definition) is 0. The average Bonchev–Trinajstić information content (AvgIpc) is 2.37. The van der Waals surface area contributed by atoms with Crippen LogP contribution in [-0.2, 0) is 0 Å². The molecule has 2 aromatic rings. The quantitative estimate of drug-likeness (QED) is 0.599. The van der Waals surface area contributed by atoms with Gasteiger partial charge in [0.1, 0.15) is 11.3 Å². The second kappa shape index (κ2) is 6.22. The third kappa shape index (κ3) is 3.88. The van der Waals surface area contributed by atoms with Crippen LogP contribution in [0.1, 0.15) is 26.3 Å². The summed E-state index contributed by atoms with van der Waals surface area (Å²) in [4.78, 5) is 11.4. The summed E-state index contributed by atoms with van der Waals surface area (Å²) < 4.78 is 11.1. The first-order chi connectivity index (χ1) is 9.81. The molecule has 4 heteroatoms. The highest BCUT2D eigenvalue weighted by atomic mass is 79.9. The van der Waals surface area contributed by atoms with Gasteiger partial charge in [0, 0.05) is 28.8 Å². The van der Waals surface area contributed by atoms with Gasteiger partial charge in [0.15, 0.2) is 0 Å². The minimum atomic E-state index is -0.329. The topological polar surface area (TPSA) is 39.4 Å². The van der Waals surface area contributed by atoms with E-state index in [0.29, 0.717) is 18.1 Å². The number of alkyl halides is 1. The van der Waals surface area contributed by atoms with Crippen molar-refractivity contribution in [3.63, 3.8) is 0 Å². The highest BCUT2D eigenvalue weighted by Crippen LogP contribution is 2.29. The predicted molar refractivity (Wildman–Crippen MR) is 89.5 cm³/mol. The van der Waals surface area contributed by atoms with Gasteiger partial charge in [0.2, 0.25) is 0 Å². The van der Waals surface area contributed by atoms with Crippen molar-refractivity contribution in [2.75, 3.05) is 11.9 Å². The van der Waals surface area contributed by atoms with Crippen LogP contribution >= 0.6 is 15.9 Å². The highest BCUT2D eigenvalue weighted by molar-refractivity contribution is 9.09. The smallest absolute Gasteiger partial charge is 0.336 e. The third-order valence-corrected chi connectivity index (χ3v) is 4.57. The molecule has 3 nitrogen and oxygen atoms in total. The maximum absolute atomic E-state index is 11.4. The van der Waals surface area contributed by atoms with Crippen molar-refractivity contribution < 1.29 is 9.15 Å². The lowest BCUT2D eigenvalue weighted by Crippen LogP contribution is -2.27. The van der Waals surface area contributed by atoms with Crippen LogP contribution in [0.3, 0.4) is 0 Å². The van der Waals surface area contributed by atoms with E-state index in [0.717, 1.165) is 22.0 Å². The molecule has 114 valence electrons. The molecule has 21 heavy (non-hydrogen) atoms. The van der Waals surface area contributed by atoms with Gasteiger partial charge in [-0.25, -0.2) is 4.79 Å². The molecule has 1 unspecified atom stereocenters. The average molecular weight is 353 g/mol. The standard InChI is InChI=1S/C17H21BrO3/c1-11-7-16(19)21-15-8-13(5-6-14(11)15)20-10-12(9-18)17(2,3)4/h5-8,12H,9-10H2,1-4H3. The molecule has 0 bridgehead atoms. The van der Waals surface area contributed by atoms with Gasteiger partial charge in [-0.2, -0.15) is 0 Å². The van der Waals surface area contributed by atoms with Crippen molar-refractivity contribution in [1.82, 2.24) is 0 Å². The number of benzene rings is 1. The maximum Gasteiger partial charge on any atom is 0.336 e. The van der Waals surface area contributed by atoms with E-state index in [-0.39, 0.29) is 11.0 Å². The molecule has 0 aliphatic heterocycles. The van der Waals surface area contributed by atoms with Crippen LogP contribution in [0.15, 0.2) is 33.5 Å². The predicted octanol–water partition coefficient (Wildman–Crippen LogP) is 4.54. The molecule has 1 heterocycles. The molecular formula is C17H21BrO3. The van der Waals surface area contributed by atoms with Gasteiger partial charge < -0.3 is 9.15 Å². The van der Waals surface area contributed by atoms with Crippen LogP contribution in [0, 0.1) is 18.3 Å². The Labute approximate surface area is 133 Å². The zero-order chi connectivity index (χ0) is 15.6. The van der Waals surface area contributed by atoms with Crippen molar-refractivity contribution >= 4 is 26.9 Å². The molecule has 0 N–H and O–H groups in total.